The standard InChI is InChI=1S/C14H22N2/c15-13(16-12-1-2-12)14-6-9-3-10(7-14)5-11(4-9)8-14/h9-12H,1-8H2,(H2,15,16). The van der Waals surface area contributed by atoms with Crippen LogP contribution in [0.25, 0.3) is 0 Å². The quantitative estimate of drug-likeness (QED) is 0.561. The minimum atomic E-state index is 0.358. The van der Waals surface area contributed by atoms with Crippen LogP contribution in [-0.4, -0.2) is 11.9 Å². The molecule has 0 unspecified atom stereocenters. The fourth-order valence-electron chi connectivity index (χ4n) is 4.96. The summed E-state index contributed by atoms with van der Waals surface area (Å²) in [6.07, 6.45) is 11.1. The summed E-state index contributed by atoms with van der Waals surface area (Å²) in [7, 11) is 0. The van der Waals surface area contributed by atoms with Gasteiger partial charge in [-0.2, -0.15) is 0 Å². The van der Waals surface area contributed by atoms with Crippen molar-refractivity contribution in [3.8, 4) is 0 Å². The van der Waals surface area contributed by atoms with E-state index < -0.39 is 0 Å². The summed E-state index contributed by atoms with van der Waals surface area (Å²) in [5.74, 6) is 4.01. The summed E-state index contributed by atoms with van der Waals surface area (Å²) in [6.45, 7) is 0. The zero-order valence-electron chi connectivity index (χ0n) is 9.99. The summed E-state index contributed by atoms with van der Waals surface area (Å²) in [5.41, 5.74) is 6.72. The van der Waals surface area contributed by atoms with E-state index in [4.69, 9.17) is 10.7 Å². The van der Waals surface area contributed by atoms with Crippen LogP contribution in [0.5, 0.6) is 0 Å². The van der Waals surface area contributed by atoms with Gasteiger partial charge in [-0.15, -0.1) is 0 Å². The van der Waals surface area contributed by atoms with Crippen molar-refractivity contribution in [1.29, 1.82) is 0 Å². The molecular weight excluding hydrogens is 196 g/mol. The summed E-state index contributed by atoms with van der Waals surface area (Å²) in [4.78, 5) is 4.77. The normalized spacial score (nSPS) is 51.0. The molecule has 2 nitrogen and oxygen atoms in total. The van der Waals surface area contributed by atoms with Crippen LogP contribution in [0.2, 0.25) is 0 Å². The van der Waals surface area contributed by atoms with Crippen molar-refractivity contribution in [1.82, 2.24) is 0 Å². The lowest BCUT2D eigenvalue weighted by atomic mass is 9.49. The number of hydrogen-bond acceptors (Lipinski definition) is 1. The van der Waals surface area contributed by atoms with Gasteiger partial charge < -0.3 is 5.73 Å². The van der Waals surface area contributed by atoms with Crippen LogP contribution in [0.4, 0.5) is 0 Å². The van der Waals surface area contributed by atoms with Gasteiger partial charge in [0.15, 0.2) is 0 Å². The summed E-state index contributed by atoms with van der Waals surface area (Å²) in [5, 5.41) is 0. The van der Waals surface area contributed by atoms with Gasteiger partial charge in [0.05, 0.1) is 6.04 Å². The molecule has 0 aromatic rings. The molecule has 0 aromatic carbocycles. The number of nitrogens with two attached hydrogens (primary N) is 1. The monoisotopic (exact) mass is 218 g/mol. The molecule has 0 heterocycles. The molecule has 5 aliphatic rings. The molecule has 0 aromatic heterocycles. The Kier molecular flexibility index (Phi) is 1.79. The molecule has 5 rings (SSSR count). The first kappa shape index (κ1) is 9.49. The molecule has 88 valence electrons. The summed E-state index contributed by atoms with van der Waals surface area (Å²) in [6, 6.07) is 0.605. The number of aliphatic imine (C=N–C) groups is 1. The number of nitrogens with zero attached hydrogens (tertiary/aromatic N) is 1. The van der Waals surface area contributed by atoms with Gasteiger partial charge in [0.2, 0.25) is 0 Å². The molecule has 16 heavy (non-hydrogen) atoms. The van der Waals surface area contributed by atoms with Crippen LogP contribution < -0.4 is 5.73 Å². The first-order valence-electron chi connectivity index (χ1n) is 7.07. The summed E-state index contributed by atoms with van der Waals surface area (Å²) < 4.78 is 0. The van der Waals surface area contributed by atoms with Gasteiger partial charge in [-0.25, -0.2) is 0 Å². The average molecular weight is 218 g/mol. The van der Waals surface area contributed by atoms with Gasteiger partial charge in [0.1, 0.15) is 5.84 Å². The van der Waals surface area contributed by atoms with Crippen molar-refractivity contribution in [2.24, 2.45) is 33.9 Å². The van der Waals surface area contributed by atoms with E-state index in [1.165, 1.54) is 51.4 Å². The third kappa shape index (κ3) is 1.34. The smallest absolute Gasteiger partial charge is 0.100 e. The predicted octanol–water partition coefficient (Wildman–Crippen LogP) is 2.72. The second-order valence-electron chi connectivity index (χ2n) is 6.94. The second kappa shape index (κ2) is 3.02. The van der Waals surface area contributed by atoms with Gasteiger partial charge in [-0.3, -0.25) is 4.99 Å². The Morgan fingerprint density at radius 2 is 1.44 bits per heavy atom. The minimum absolute atomic E-state index is 0.358. The van der Waals surface area contributed by atoms with Crippen molar-refractivity contribution in [2.45, 2.75) is 57.4 Å². The topological polar surface area (TPSA) is 38.4 Å². The molecule has 0 spiro atoms. The first-order valence-corrected chi connectivity index (χ1v) is 7.07. The third-order valence-electron chi connectivity index (χ3n) is 5.45. The predicted molar refractivity (Wildman–Crippen MR) is 65.2 cm³/mol. The van der Waals surface area contributed by atoms with Crippen molar-refractivity contribution in [3.63, 3.8) is 0 Å². The Labute approximate surface area is 97.7 Å². The molecule has 0 amide bonds. The maximum atomic E-state index is 6.36. The van der Waals surface area contributed by atoms with E-state index in [2.05, 4.69) is 0 Å². The average Bonchev–Trinajstić information content (AvgIpc) is 2.99. The van der Waals surface area contributed by atoms with E-state index in [0.29, 0.717) is 11.5 Å². The Balaban J connectivity index is 1.65. The van der Waals surface area contributed by atoms with Gasteiger partial charge in [0, 0.05) is 5.41 Å². The number of amidine groups is 1. The van der Waals surface area contributed by atoms with Gasteiger partial charge in [-0.05, 0) is 69.1 Å². The van der Waals surface area contributed by atoms with E-state index in [1.54, 1.807) is 0 Å². The van der Waals surface area contributed by atoms with Gasteiger partial charge >= 0.3 is 0 Å². The SMILES string of the molecule is NC(=NC1CC1)C12CC3CC(CC(C3)C1)C2. The Hall–Kier alpha value is -0.530. The maximum Gasteiger partial charge on any atom is 0.100 e. The minimum Gasteiger partial charge on any atom is -0.387 e. The zero-order valence-corrected chi connectivity index (χ0v) is 9.99. The van der Waals surface area contributed by atoms with Crippen molar-refractivity contribution >= 4 is 5.84 Å². The van der Waals surface area contributed by atoms with Crippen molar-refractivity contribution in [2.75, 3.05) is 0 Å². The largest absolute Gasteiger partial charge is 0.387 e. The van der Waals surface area contributed by atoms with Crippen molar-refractivity contribution < 1.29 is 0 Å². The van der Waals surface area contributed by atoms with E-state index in [1.807, 2.05) is 0 Å². The Morgan fingerprint density at radius 1 is 0.938 bits per heavy atom. The van der Waals surface area contributed by atoms with Crippen LogP contribution >= 0.6 is 0 Å². The highest BCUT2D eigenvalue weighted by Gasteiger charge is 2.53. The molecule has 5 aliphatic carbocycles. The molecule has 5 fully saturated rings. The molecule has 0 aliphatic heterocycles. The molecule has 5 saturated carbocycles. The molecular formula is C14H22N2. The van der Waals surface area contributed by atoms with E-state index in [9.17, 15) is 0 Å². The van der Waals surface area contributed by atoms with Crippen LogP contribution in [0.3, 0.4) is 0 Å². The molecule has 2 N–H and O–H groups in total. The lowest BCUT2D eigenvalue weighted by Gasteiger charge is -2.56. The fraction of sp³-hybridized carbons (Fsp3) is 0.929. The van der Waals surface area contributed by atoms with Crippen LogP contribution in [0.1, 0.15) is 51.4 Å². The molecule has 0 saturated heterocycles. The lowest BCUT2D eigenvalue weighted by Crippen LogP contribution is -2.52. The van der Waals surface area contributed by atoms with Crippen LogP contribution in [-0.2, 0) is 0 Å². The van der Waals surface area contributed by atoms with E-state index in [-0.39, 0.29) is 0 Å². The maximum absolute atomic E-state index is 6.36. The van der Waals surface area contributed by atoms with Crippen LogP contribution in [0, 0.1) is 23.2 Å². The van der Waals surface area contributed by atoms with E-state index in [0.717, 1.165) is 23.6 Å². The third-order valence-corrected chi connectivity index (χ3v) is 5.45. The Morgan fingerprint density at radius 3 is 1.88 bits per heavy atom. The van der Waals surface area contributed by atoms with Gasteiger partial charge in [0.25, 0.3) is 0 Å². The number of hydrogen-bond donors (Lipinski definition) is 1. The highest BCUT2D eigenvalue weighted by Crippen LogP contribution is 2.60. The zero-order chi connectivity index (χ0) is 10.8. The van der Waals surface area contributed by atoms with Crippen LogP contribution in [0.15, 0.2) is 4.99 Å². The molecule has 0 radical (unpaired) electrons. The highest BCUT2D eigenvalue weighted by molar-refractivity contribution is 5.87. The lowest BCUT2D eigenvalue weighted by molar-refractivity contribution is -0.0131. The Bertz CT molecular complexity index is 305. The number of rotatable bonds is 2. The van der Waals surface area contributed by atoms with Gasteiger partial charge in [-0.1, -0.05) is 0 Å². The molecule has 4 bridgehead atoms. The van der Waals surface area contributed by atoms with Crippen molar-refractivity contribution in [3.05, 3.63) is 0 Å². The summed E-state index contributed by atoms with van der Waals surface area (Å²) >= 11 is 0. The first-order chi connectivity index (χ1) is 7.73. The van der Waals surface area contributed by atoms with E-state index >= 15 is 0 Å². The highest BCUT2D eigenvalue weighted by atomic mass is 14.9. The molecule has 0 atom stereocenters. The fourth-order valence-corrected chi connectivity index (χ4v) is 4.96. The molecule has 2 heteroatoms. The second-order valence-corrected chi connectivity index (χ2v) is 6.94.